The zero-order chi connectivity index (χ0) is 22.1. The molecule has 31 heavy (non-hydrogen) atoms. The molecule has 7 nitrogen and oxygen atoms in total. The molecule has 7 heteroatoms. The molecule has 1 saturated heterocycles. The Kier molecular flexibility index (Phi) is 5.61. The van der Waals surface area contributed by atoms with Gasteiger partial charge in [-0.1, -0.05) is 30.3 Å². The van der Waals surface area contributed by atoms with Gasteiger partial charge in [-0.3, -0.25) is 14.4 Å². The Balaban J connectivity index is 1.78. The van der Waals surface area contributed by atoms with Crippen molar-refractivity contribution in [2.24, 2.45) is 0 Å². The summed E-state index contributed by atoms with van der Waals surface area (Å²) in [6.45, 7) is 6.35. The Morgan fingerprint density at radius 1 is 0.903 bits per heavy atom. The first-order valence-electron chi connectivity index (χ1n) is 10.4. The quantitative estimate of drug-likeness (QED) is 0.773. The van der Waals surface area contributed by atoms with Crippen molar-refractivity contribution in [3.8, 4) is 0 Å². The number of carbonyl (C=O) groups excluding carboxylic acids is 3. The number of hydrogen-bond acceptors (Lipinski definition) is 5. The standard InChI is InChI=1S/C24H26N4O3/c1-16-6-4-5-7-20(16)28-23(30)21(18-8-10-19(11-9-18)25-17(2)29)22(24(28)31)27-14-12-26(3)13-15-27/h4-11H,12-15H2,1-3H3,(H,25,29). The Hall–Kier alpha value is -3.45. The molecule has 2 aromatic carbocycles. The minimum Gasteiger partial charge on any atom is -0.364 e. The van der Waals surface area contributed by atoms with Crippen molar-refractivity contribution < 1.29 is 14.4 Å². The van der Waals surface area contributed by atoms with E-state index in [2.05, 4.69) is 17.3 Å². The molecule has 4 rings (SSSR count). The van der Waals surface area contributed by atoms with Crippen molar-refractivity contribution in [1.29, 1.82) is 0 Å². The third-order valence-electron chi connectivity index (χ3n) is 5.73. The maximum atomic E-state index is 13.6. The fourth-order valence-corrected chi connectivity index (χ4v) is 4.06. The maximum Gasteiger partial charge on any atom is 0.282 e. The highest BCUT2D eigenvalue weighted by molar-refractivity contribution is 6.45. The van der Waals surface area contributed by atoms with Crippen molar-refractivity contribution in [3.05, 3.63) is 65.4 Å². The fourth-order valence-electron chi connectivity index (χ4n) is 4.06. The second-order valence-electron chi connectivity index (χ2n) is 8.00. The third kappa shape index (κ3) is 3.96. The number of para-hydroxylation sites is 1. The summed E-state index contributed by atoms with van der Waals surface area (Å²) < 4.78 is 0. The number of nitrogens with zero attached hydrogens (tertiary/aromatic N) is 3. The van der Waals surface area contributed by atoms with Crippen LogP contribution < -0.4 is 10.2 Å². The minimum absolute atomic E-state index is 0.164. The second-order valence-corrected chi connectivity index (χ2v) is 8.00. The number of likely N-dealkylation sites (N-methyl/N-ethyl adjacent to an activating group) is 1. The molecule has 0 bridgehead atoms. The molecule has 3 amide bonds. The number of anilines is 2. The topological polar surface area (TPSA) is 73.0 Å². The van der Waals surface area contributed by atoms with E-state index in [1.165, 1.54) is 11.8 Å². The average molecular weight is 418 g/mol. The largest absolute Gasteiger partial charge is 0.364 e. The van der Waals surface area contributed by atoms with Crippen LogP contribution in [0.4, 0.5) is 11.4 Å². The molecule has 2 aliphatic heterocycles. The number of rotatable bonds is 4. The molecular weight excluding hydrogens is 392 g/mol. The summed E-state index contributed by atoms with van der Waals surface area (Å²) in [5.74, 6) is -0.770. The summed E-state index contributed by atoms with van der Waals surface area (Å²) in [7, 11) is 2.05. The predicted octanol–water partition coefficient (Wildman–Crippen LogP) is 2.49. The molecule has 0 aliphatic carbocycles. The van der Waals surface area contributed by atoms with Crippen LogP contribution in [0.1, 0.15) is 18.1 Å². The molecular formula is C24H26N4O3. The smallest absolute Gasteiger partial charge is 0.282 e. The number of benzene rings is 2. The molecule has 0 saturated carbocycles. The van der Waals surface area contributed by atoms with E-state index >= 15 is 0 Å². The zero-order valence-electron chi connectivity index (χ0n) is 18.0. The van der Waals surface area contributed by atoms with Crippen molar-refractivity contribution in [1.82, 2.24) is 9.80 Å². The number of aryl methyl sites for hydroxylation is 1. The van der Waals surface area contributed by atoms with Crippen LogP contribution in [0.5, 0.6) is 0 Å². The van der Waals surface area contributed by atoms with Gasteiger partial charge >= 0.3 is 0 Å². The predicted molar refractivity (Wildman–Crippen MR) is 120 cm³/mol. The van der Waals surface area contributed by atoms with Gasteiger partial charge in [-0.2, -0.15) is 0 Å². The summed E-state index contributed by atoms with van der Waals surface area (Å²) in [5, 5.41) is 2.73. The lowest BCUT2D eigenvalue weighted by molar-refractivity contribution is -0.121. The van der Waals surface area contributed by atoms with Crippen LogP contribution in [-0.2, 0) is 14.4 Å². The Morgan fingerprint density at radius 3 is 2.16 bits per heavy atom. The summed E-state index contributed by atoms with van der Waals surface area (Å²) in [4.78, 5) is 44.0. The number of hydrogen-bond donors (Lipinski definition) is 1. The van der Waals surface area contributed by atoms with Crippen LogP contribution in [-0.4, -0.2) is 60.7 Å². The number of piperazine rings is 1. The highest BCUT2D eigenvalue weighted by Crippen LogP contribution is 2.36. The summed E-state index contributed by atoms with van der Waals surface area (Å²) in [6, 6.07) is 14.5. The molecule has 0 radical (unpaired) electrons. The number of nitrogens with one attached hydrogen (secondary N) is 1. The van der Waals surface area contributed by atoms with Crippen molar-refractivity contribution in [3.63, 3.8) is 0 Å². The van der Waals surface area contributed by atoms with Gasteiger partial charge in [0.05, 0.1) is 11.3 Å². The van der Waals surface area contributed by atoms with Gasteiger partial charge in [0.1, 0.15) is 5.70 Å². The summed E-state index contributed by atoms with van der Waals surface area (Å²) >= 11 is 0. The SMILES string of the molecule is CC(=O)Nc1ccc(C2=C(N3CCN(C)CC3)C(=O)N(c3ccccc3C)C2=O)cc1. The van der Waals surface area contributed by atoms with Crippen molar-refractivity contribution in [2.45, 2.75) is 13.8 Å². The van der Waals surface area contributed by atoms with E-state index in [9.17, 15) is 14.4 Å². The molecule has 0 spiro atoms. The van der Waals surface area contributed by atoms with Crippen molar-refractivity contribution >= 4 is 34.7 Å². The maximum absolute atomic E-state index is 13.6. The molecule has 160 valence electrons. The minimum atomic E-state index is -0.319. The lowest BCUT2D eigenvalue weighted by Crippen LogP contribution is -2.46. The van der Waals surface area contributed by atoms with Gasteiger partial charge in [0, 0.05) is 38.8 Å². The van der Waals surface area contributed by atoms with Crippen LogP contribution in [0.15, 0.2) is 54.2 Å². The number of carbonyl (C=O) groups is 3. The van der Waals surface area contributed by atoms with Gasteiger partial charge in [0.15, 0.2) is 0 Å². The van der Waals surface area contributed by atoms with Gasteiger partial charge in [-0.05, 0) is 43.3 Å². The van der Waals surface area contributed by atoms with E-state index in [-0.39, 0.29) is 17.7 Å². The van der Waals surface area contributed by atoms with E-state index in [4.69, 9.17) is 0 Å². The molecule has 2 aromatic rings. The van der Waals surface area contributed by atoms with Crippen LogP contribution in [0.2, 0.25) is 0 Å². The zero-order valence-corrected chi connectivity index (χ0v) is 18.0. The molecule has 1 N–H and O–H groups in total. The molecule has 0 unspecified atom stereocenters. The van der Waals surface area contributed by atoms with E-state index in [0.29, 0.717) is 41.3 Å². The lowest BCUT2D eigenvalue weighted by atomic mass is 10.0. The van der Waals surface area contributed by atoms with E-state index in [0.717, 1.165) is 18.7 Å². The van der Waals surface area contributed by atoms with Crippen LogP contribution in [0.25, 0.3) is 5.57 Å². The van der Waals surface area contributed by atoms with Crippen molar-refractivity contribution in [2.75, 3.05) is 43.4 Å². The highest BCUT2D eigenvalue weighted by Gasteiger charge is 2.43. The van der Waals surface area contributed by atoms with E-state index in [1.54, 1.807) is 30.3 Å². The van der Waals surface area contributed by atoms with Gasteiger partial charge in [0.2, 0.25) is 5.91 Å². The molecule has 2 aliphatic rings. The average Bonchev–Trinajstić information content (AvgIpc) is 2.99. The van der Waals surface area contributed by atoms with Crippen LogP contribution in [0, 0.1) is 6.92 Å². The lowest BCUT2D eigenvalue weighted by Gasteiger charge is -2.34. The van der Waals surface area contributed by atoms with Gasteiger partial charge in [0.25, 0.3) is 11.8 Å². The normalized spacial score (nSPS) is 17.5. The summed E-state index contributed by atoms with van der Waals surface area (Å²) in [6.07, 6.45) is 0. The number of amides is 3. The van der Waals surface area contributed by atoms with Gasteiger partial charge in [-0.25, -0.2) is 4.90 Å². The first-order chi connectivity index (χ1) is 14.9. The molecule has 2 heterocycles. The molecule has 0 atom stereocenters. The molecule has 1 fully saturated rings. The monoisotopic (exact) mass is 418 g/mol. The third-order valence-corrected chi connectivity index (χ3v) is 5.73. The van der Waals surface area contributed by atoms with Crippen LogP contribution >= 0.6 is 0 Å². The van der Waals surface area contributed by atoms with E-state index < -0.39 is 0 Å². The highest BCUT2D eigenvalue weighted by atomic mass is 16.2. The second kappa shape index (κ2) is 8.35. The summed E-state index contributed by atoms with van der Waals surface area (Å²) in [5.41, 5.74) is 3.64. The first-order valence-corrected chi connectivity index (χ1v) is 10.4. The number of imide groups is 1. The molecule has 0 aromatic heterocycles. The van der Waals surface area contributed by atoms with E-state index in [1.807, 2.05) is 30.0 Å². The fraction of sp³-hybridized carbons (Fsp3) is 0.292. The first kappa shape index (κ1) is 20.8. The Bertz CT molecular complexity index is 1070. The van der Waals surface area contributed by atoms with Crippen LogP contribution in [0.3, 0.4) is 0 Å². The van der Waals surface area contributed by atoms with Gasteiger partial charge < -0.3 is 15.1 Å². The Morgan fingerprint density at radius 2 is 1.55 bits per heavy atom. The Labute approximate surface area is 181 Å². The van der Waals surface area contributed by atoms with Gasteiger partial charge in [-0.15, -0.1) is 0 Å².